The Morgan fingerprint density at radius 1 is 0.941 bits per heavy atom. The number of aromatic hydroxyl groups is 1. The molecule has 0 radical (unpaired) electrons. The highest BCUT2D eigenvalue weighted by Gasteiger charge is 2.44. The van der Waals surface area contributed by atoms with E-state index < -0.39 is 23.5 Å². The van der Waals surface area contributed by atoms with Gasteiger partial charge in [-0.1, -0.05) is 42.5 Å². The number of phenols is 1. The molecule has 2 N–H and O–H groups in total. The Labute approximate surface area is 196 Å². The Hall–Kier alpha value is -4.52. The lowest BCUT2D eigenvalue weighted by Crippen LogP contribution is -2.30. The number of benzene rings is 3. The zero-order valence-electron chi connectivity index (χ0n) is 18.6. The van der Waals surface area contributed by atoms with Crippen LogP contribution >= 0.6 is 0 Å². The molecule has 0 fully saturated rings. The molecule has 1 aliphatic heterocycles. The Morgan fingerprint density at radius 3 is 2.29 bits per heavy atom. The van der Waals surface area contributed by atoms with Crippen molar-refractivity contribution in [3.05, 3.63) is 101 Å². The second-order valence-corrected chi connectivity index (χ2v) is 7.58. The van der Waals surface area contributed by atoms with E-state index in [0.717, 1.165) is 5.56 Å². The molecule has 0 aliphatic carbocycles. The van der Waals surface area contributed by atoms with Crippen molar-refractivity contribution in [1.29, 1.82) is 0 Å². The molecule has 172 valence electrons. The molecule has 3 aromatic carbocycles. The van der Waals surface area contributed by atoms with Gasteiger partial charge in [-0.25, -0.2) is 0 Å². The molecule has 0 saturated heterocycles. The summed E-state index contributed by atoms with van der Waals surface area (Å²) in [4.78, 5) is 27.8. The number of carbonyl (C=O) groups excluding carboxylic acids is 2. The third-order valence-corrected chi connectivity index (χ3v) is 5.57. The van der Waals surface area contributed by atoms with Crippen molar-refractivity contribution in [2.24, 2.45) is 0 Å². The largest absolute Gasteiger partial charge is 0.504 e. The number of nitrogens with zero attached hydrogens (tertiary/aromatic N) is 1. The lowest BCUT2D eigenvalue weighted by molar-refractivity contribution is -0.117. The molecule has 4 rings (SSSR count). The highest BCUT2D eigenvalue weighted by Crippen LogP contribution is 2.43. The standard InChI is InChI=1S/C27H23NO6/c1-33-20-12-10-19(11-13-20)28-25(18-9-15-21(29)23(16-18)34-2)24(26(31)27(28)32)22(30)14-8-17-6-4-3-5-7-17/h3-16,25,29,31H,1-2H3. The summed E-state index contributed by atoms with van der Waals surface area (Å²) in [7, 11) is 2.94. The number of ether oxygens (including phenoxy) is 2. The second kappa shape index (κ2) is 9.54. The summed E-state index contributed by atoms with van der Waals surface area (Å²) in [6.45, 7) is 0. The number of carbonyl (C=O) groups is 2. The fourth-order valence-electron chi connectivity index (χ4n) is 3.87. The van der Waals surface area contributed by atoms with Crippen LogP contribution in [0.2, 0.25) is 0 Å². The van der Waals surface area contributed by atoms with Crippen LogP contribution in [0.4, 0.5) is 5.69 Å². The SMILES string of the molecule is COc1ccc(N2C(=O)C(O)=C(C(=O)C=Cc3ccccc3)C2c2ccc(O)c(OC)c2)cc1. The summed E-state index contributed by atoms with van der Waals surface area (Å²) in [6.07, 6.45) is 2.95. The highest BCUT2D eigenvalue weighted by molar-refractivity contribution is 6.19. The molecule has 0 aromatic heterocycles. The number of allylic oxidation sites excluding steroid dienone is 1. The van der Waals surface area contributed by atoms with Gasteiger partial charge in [-0.2, -0.15) is 0 Å². The number of amides is 1. The lowest BCUT2D eigenvalue weighted by Gasteiger charge is -2.27. The van der Waals surface area contributed by atoms with Crippen molar-refractivity contribution in [3.8, 4) is 17.2 Å². The first-order valence-corrected chi connectivity index (χ1v) is 10.5. The molecule has 1 amide bonds. The van der Waals surface area contributed by atoms with Crippen LogP contribution in [-0.2, 0) is 9.59 Å². The Balaban J connectivity index is 1.81. The minimum Gasteiger partial charge on any atom is -0.504 e. The van der Waals surface area contributed by atoms with Crippen LogP contribution in [-0.4, -0.2) is 36.1 Å². The molecular weight excluding hydrogens is 434 g/mol. The van der Waals surface area contributed by atoms with Gasteiger partial charge in [0.05, 0.1) is 25.8 Å². The first kappa shape index (κ1) is 22.7. The summed E-state index contributed by atoms with van der Waals surface area (Å²) < 4.78 is 10.4. The van der Waals surface area contributed by atoms with E-state index >= 15 is 0 Å². The van der Waals surface area contributed by atoms with Gasteiger partial charge < -0.3 is 19.7 Å². The van der Waals surface area contributed by atoms with Crippen molar-refractivity contribution in [3.63, 3.8) is 0 Å². The van der Waals surface area contributed by atoms with E-state index in [9.17, 15) is 19.8 Å². The van der Waals surface area contributed by atoms with Gasteiger partial charge in [0.1, 0.15) is 5.75 Å². The number of rotatable bonds is 7. The van der Waals surface area contributed by atoms with Crippen molar-refractivity contribution in [2.75, 3.05) is 19.1 Å². The number of aliphatic hydroxyl groups excluding tert-OH is 1. The average molecular weight is 457 g/mol. The third kappa shape index (κ3) is 4.23. The van der Waals surface area contributed by atoms with Crippen LogP contribution < -0.4 is 14.4 Å². The van der Waals surface area contributed by atoms with E-state index in [1.54, 1.807) is 36.4 Å². The lowest BCUT2D eigenvalue weighted by atomic mass is 9.95. The quantitative estimate of drug-likeness (QED) is 0.504. The number of aliphatic hydroxyl groups is 1. The second-order valence-electron chi connectivity index (χ2n) is 7.58. The van der Waals surface area contributed by atoms with Gasteiger partial charge in [-0.3, -0.25) is 14.5 Å². The molecule has 34 heavy (non-hydrogen) atoms. The van der Waals surface area contributed by atoms with Crippen LogP contribution in [0.3, 0.4) is 0 Å². The molecule has 1 heterocycles. The predicted octanol–water partition coefficient (Wildman–Crippen LogP) is 4.59. The average Bonchev–Trinajstić information content (AvgIpc) is 3.14. The number of anilines is 1. The first-order chi connectivity index (χ1) is 16.4. The van der Waals surface area contributed by atoms with Gasteiger partial charge in [0.25, 0.3) is 5.91 Å². The molecule has 1 aliphatic rings. The van der Waals surface area contributed by atoms with Gasteiger partial charge in [0.15, 0.2) is 23.0 Å². The van der Waals surface area contributed by atoms with Crippen molar-refractivity contribution in [1.82, 2.24) is 0 Å². The minimum absolute atomic E-state index is 0.0688. The smallest absolute Gasteiger partial charge is 0.294 e. The normalized spacial score (nSPS) is 15.8. The zero-order chi connectivity index (χ0) is 24.2. The van der Waals surface area contributed by atoms with Gasteiger partial charge in [0.2, 0.25) is 0 Å². The van der Waals surface area contributed by atoms with E-state index in [2.05, 4.69) is 0 Å². The van der Waals surface area contributed by atoms with Crippen LogP contribution in [0.25, 0.3) is 6.08 Å². The van der Waals surface area contributed by atoms with Crippen LogP contribution in [0.1, 0.15) is 17.2 Å². The van der Waals surface area contributed by atoms with E-state index in [0.29, 0.717) is 17.0 Å². The maximum absolute atomic E-state index is 13.3. The molecule has 0 bridgehead atoms. The summed E-state index contributed by atoms with van der Waals surface area (Å²) >= 11 is 0. The van der Waals surface area contributed by atoms with Crippen LogP contribution in [0.5, 0.6) is 17.2 Å². The first-order valence-electron chi connectivity index (χ1n) is 10.5. The zero-order valence-corrected chi connectivity index (χ0v) is 18.6. The molecule has 0 spiro atoms. The molecule has 1 atom stereocenters. The minimum atomic E-state index is -0.941. The number of hydrogen-bond acceptors (Lipinski definition) is 6. The predicted molar refractivity (Wildman–Crippen MR) is 128 cm³/mol. The molecule has 7 nitrogen and oxygen atoms in total. The van der Waals surface area contributed by atoms with Gasteiger partial charge in [-0.15, -0.1) is 0 Å². The fourth-order valence-corrected chi connectivity index (χ4v) is 3.87. The van der Waals surface area contributed by atoms with Gasteiger partial charge >= 0.3 is 0 Å². The van der Waals surface area contributed by atoms with Crippen molar-refractivity contribution in [2.45, 2.75) is 6.04 Å². The van der Waals surface area contributed by atoms with Gasteiger partial charge in [-0.05, 0) is 53.6 Å². The molecule has 7 heteroatoms. The van der Waals surface area contributed by atoms with Crippen molar-refractivity contribution >= 4 is 23.5 Å². The summed E-state index contributed by atoms with van der Waals surface area (Å²) in [5.41, 5.74) is 1.68. The maximum atomic E-state index is 13.3. The third-order valence-electron chi connectivity index (χ3n) is 5.57. The van der Waals surface area contributed by atoms with E-state index in [-0.39, 0.29) is 17.1 Å². The molecule has 0 saturated carbocycles. The highest BCUT2D eigenvalue weighted by atomic mass is 16.5. The number of ketones is 1. The number of phenolic OH excluding ortho intramolecular Hbond substituents is 1. The van der Waals surface area contributed by atoms with Crippen molar-refractivity contribution < 1.29 is 29.3 Å². The summed E-state index contributed by atoms with van der Waals surface area (Å²) in [5, 5.41) is 20.8. The fraction of sp³-hybridized carbons (Fsp3) is 0.111. The topological polar surface area (TPSA) is 96.3 Å². The molecule has 3 aromatic rings. The Bertz CT molecular complexity index is 1280. The van der Waals surface area contributed by atoms with E-state index in [1.807, 2.05) is 30.3 Å². The number of methoxy groups -OCH3 is 2. The van der Waals surface area contributed by atoms with E-state index in [1.165, 1.54) is 37.3 Å². The summed E-state index contributed by atoms with van der Waals surface area (Å²) in [5.74, 6) is -1.16. The molecule has 1 unspecified atom stereocenters. The maximum Gasteiger partial charge on any atom is 0.294 e. The molecular formula is C27H23NO6. The van der Waals surface area contributed by atoms with Crippen LogP contribution in [0, 0.1) is 0 Å². The Morgan fingerprint density at radius 2 is 1.65 bits per heavy atom. The monoisotopic (exact) mass is 457 g/mol. The number of hydrogen-bond donors (Lipinski definition) is 2. The van der Waals surface area contributed by atoms with Crippen LogP contribution in [0.15, 0.2) is 90.2 Å². The van der Waals surface area contributed by atoms with E-state index in [4.69, 9.17) is 9.47 Å². The Kier molecular flexibility index (Phi) is 6.36. The summed E-state index contributed by atoms with van der Waals surface area (Å²) in [6, 6.07) is 19.5. The van der Waals surface area contributed by atoms with Gasteiger partial charge in [0, 0.05) is 5.69 Å².